The number of aromatic nitrogens is 3. The molecule has 0 atom stereocenters. The topological polar surface area (TPSA) is 149 Å². The zero-order valence-corrected chi connectivity index (χ0v) is 19.1. The van der Waals surface area contributed by atoms with E-state index in [1.54, 1.807) is 16.7 Å². The molecule has 170 valence electrons. The number of anilines is 1. The Balaban J connectivity index is 1.70. The maximum atomic E-state index is 12.4. The SMILES string of the molecule is CCn1c(SCC(=O)OCc2c(C(=O)OC)sc(N)c2C(=O)OC)nnc1-c1ccco1. The van der Waals surface area contributed by atoms with Crippen molar-refractivity contribution in [2.75, 3.05) is 25.7 Å². The maximum absolute atomic E-state index is 12.4. The van der Waals surface area contributed by atoms with Gasteiger partial charge in [0.05, 0.1) is 26.2 Å². The maximum Gasteiger partial charge on any atom is 0.348 e. The van der Waals surface area contributed by atoms with Gasteiger partial charge >= 0.3 is 17.9 Å². The van der Waals surface area contributed by atoms with Gasteiger partial charge in [0.1, 0.15) is 22.0 Å². The van der Waals surface area contributed by atoms with Crippen LogP contribution in [0, 0.1) is 0 Å². The van der Waals surface area contributed by atoms with Gasteiger partial charge in [0.2, 0.25) is 0 Å². The van der Waals surface area contributed by atoms with Crippen molar-refractivity contribution in [3.63, 3.8) is 0 Å². The molecule has 0 amide bonds. The highest BCUT2D eigenvalue weighted by molar-refractivity contribution is 7.99. The van der Waals surface area contributed by atoms with Crippen molar-refractivity contribution in [1.29, 1.82) is 0 Å². The van der Waals surface area contributed by atoms with Gasteiger partial charge in [0.25, 0.3) is 0 Å². The minimum Gasteiger partial charge on any atom is -0.465 e. The fourth-order valence-electron chi connectivity index (χ4n) is 2.79. The fraction of sp³-hybridized carbons (Fsp3) is 0.316. The van der Waals surface area contributed by atoms with Crippen LogP contribution in [0.15, 0.2) is 28.0 Å². The smallest absolute Gasteiger partial charge is 0.348 e. The highest BCUT2D eigenvalue weighted by Crippen LogP contribution is 2.33. The highest BCUT2D eigenvalue weighted by atomic mass is 32.2. The number of thioether (sulfide) groups is 1. The molecule has 3 aromatic rings. The zero-order valence-electron chi connectivity index (χ0n) is 17.4. The highest BCUT2D eigenvalue weighted by Gasteiger charge is 2.28. The quantitative estimate of drug-likeness (QED) is 0.273. The predicted molar refractivity (Wildman–Crippen MR) is 115 cm³/mol. The first-order valence-corrected chi connectivity index (χ1v) is 11.0. The van der Waals surface area contributed by atoms with Gasteiger partial charge in [0, 0.05) is 12.1 Å². The van der Waals surface area contributed by atoms with Crippen LogP contribution in [-0.4, -0.2) is 52.6 Å². The van der Waals surface area contributed by atoms with Crippen LogP contribution in [0.5, 0.6) is 0 Å². The number of nitrogen functional groups attached to an aromatic ring is 1. The third-order valence-electron chi connectivity index (χ3n) is 4.27. The number of carbonyl (C=O) groups is 3. The molecule has 0 bridgehead atoms. The lowest BCUT2D eigenvalue weighted by Crippen LogP contribution is -2.14. The van der Waals surface area contributed by atoms with Crippen molar-refractivity contribution in [1.82, 2.24) is 14.8 Å². The lowest BCUT2D eigenvalue weighted by Gasteiger charge is -2.08. The Labute approximate surface area is 190 Å². The Bertz CT molecular complexity index is 1120. The molecule has 32 heavy (non-hydrogen) atoms. The van der Waals surface area contributed by atoms with E-state index < -0.39 is 17.9 Å². The van der Waals surface area contributed by atoms with Gasteiger partial charge in [-0.05, 0) is 19.1 Å². The zero-order chi connectivity index (χ0) is 23.3. The van der Waals surface area contributed by atoms with Crippen LogP contribution in [0.4, 0.5) is 5.00 Å². The largest absolute Gasteiger partial charge is 0.465 e. The minimum absolute atomic E-state index is 0.0211. The summed E-state index contributed by atoms with van der Waals surface area (Å²) in [7, 11) is 2.38. The number of nitrogens with zero attached hydrogens (tertiary/aromatic N) is 3. The number of furan rings is 1. The summed E-state index contributed by atoms with van der Waals surface area (Å²) in [4.78, 5) is 36.6. The second-order valence-electron chi connectivity index (χ2n) is 6.11. The summed E-state index contributed by atoms with van der Waals surface area (Å²) < 4.78 is 21.9. The first kappa shape index (κ1) is 23.3. The molecule has 0 aliphatic heterocycles. The molecule has 3 aromatic heterocycles. The predicted octanol–water partition coefficient (Wildman–Crippen LogP) is 2.61. The van der Waals surface area contributed by atoms with Crippen LogP contribution in [-0.2, 0) is 32.2 Å². The number of hydrogen-bond donors (Lipinski definition) is 1. The molecular formula is C19H20N4O7S2. The van der Waals surface area contributed by atoms with Crippen molar-refractivity contribution in [2.45, 2.75) is 25.2 Å². The normalized spacial score (nSPS) is 10.7. The summed E-state index contributed by atoms with van der Waals surface area (Å²) in [6, 6.07) is 3.51. The summed E-state index contributed by atoms with van der Waals surface area (Å²) >= 11 is 2.00. The van der Waals surface area contributed by atoms with E-state index in [0.29, 0.717) is 23.3 Å². The van der Waals surface area contributed by atoms with Gasteiger partial charge in [-0.15, -0.1) is 21.5 Å². The molecule has 3 rings (SSSR count). The lowest BCUT2D eigenvalue weighted by atomic mass is 10.1. The number of ether oxygens (including phenoxy) is 3. The molecule has 0 aliphatic rings. The second-order valence-corrected chi connectivity index (χ2v) is 8.10. The Morgan fingerprint density at radius 1 is 1.22 bits per heavy atom. The number of esters is 3. The first-order valence-electron chi connectivity index (χ1n) is 9.24. The fourth-order valence-corrected chi connectivity index (χ4v) is 4.57. The van der Waals surface area contributed by atoms with E-state index in [-0.39, 0.29) is 33.4 Å². The van der Waals surface area contributed by atoms with Crippen molar-refractivity contribution < 1.29 is 33.0 Å². The van der Waals surface area contributed by atoms with Crippen LogP contribution in [0.2, 0.25) is 0 Å². The molecule has 2 N–H and O–H groups in total. The summed E-state index contributed by atoms with van der Waals surface area (Å²) in [5.41, 5.74) is 5.99. The average Bonchev–Trinajstić information content (AvgIpc) is 3.53. The van der Waals surface area contributed by atoms with E-state index in [1.807, 2.05) is 6.92 Å². The van der Waals surface area contributed by atoms with Crippen LogP contribution in [0.3, 0.4) is 0 Å². The number of methoxy groups -OCH3 is 2. The van der Waals surface area contributed by atoms with E-state index in [1.165, 1.54) is 20.5 Å². The average molecular weight is 481 g/mol. The number of hydrogen-bond acceptors (Lipinski definition) is 12. The van der Waals surface area contributed by atoms with E-state index >= 15 is 0 Å². The molecular weight excluding hydrogens is 460 g/mol. The molecule has 0 fully saturated rings. The van der Waals surface area contributed by atoms with Crippen LogP contribution in [0.25, 0.3) is 11.6 Å². The molecule has 0 saturated carbocycles. The second kappa shape index (κ2) is 10.3. The van der Waals surface area contributed by atoms with Gasteiger partial charge in [-0.3, -0.25) is 9.36 Å². The van der Waals surface area contributed by atoms with Gasteiger partial charge < -0.3 is 24.4 Å². The van der Waals surface area contributed by atoms with Gasteiger partial charge in [-0.2, -0.15) is 0 Å². The molecule has 13 heteroatoms. The number of thiophene rings is 1. The van der Waals surface area contributed by atoms with Crippen molar-refractivity contribution in [3.8, 4) is 11.6 Å². The van der Waals surface area contributed by atoms with E-state index in [9.17, 15) is 14.4 Å². The number of nitrogens with two attached hydrogens (primary N) is 1. The van der Waals surface area contributed by atoms with Crippen LogP contribution in [0.1, 0.15) is 32.5 Å². The van der Waals surface area contributed by atoms with Gasteiger partial charge in [0.15, 0.2) is 16.7 Å². The molecule has 0 unspecified atom stereocenters. The molecule has 0 radical (unpaired) electrons. The molecule has 0 saturated heterocycles. The molecule has 11 nitrogen and oxygen atoms in total. The molecule has 0 spiro atoms. The summed E-state index contributed by atoms with van der Waals surface area (Å²) in [5, 5.41) is 8.80. The Hall–Kier alpha value is -3.32. The molecule has 3 heterocycles. The Kier molecular flexibility index (Phi) is 7.53. The summed E-state index contributed by atoms with van der Waals surface area (Å²) in [6.07, 6.45) is 1.54. The van der Waals surface area contributed by atoms with Crippen molar-refractivity contribution in [2.24, 2.45) is 0 Å². The van der Waals surface area contributed by atoms with E-state index in [4.69, 9.17) is 24.4 Å². The van der Waals surface area contributed by atoms with E-state index in [0.717, 1.165) is 23.1 Å². The standard InChI is InChI=1S/C19H20N4O7S2/c1-4-23-16(11-6-5-7-29-11)21-22-19(23)31-9-12(24)30-8-10-13(17(25)27-2)15(20)32-14(10)18(26)28-3/h5-7H,4,8-9,20H2,1-3H3. The van der Waals surface area contributed by atoms with E-state index in [2.05, 4.69) is 10.2 Å². The summed E-state index contributed by atoms with van der Waals surface area (Å²) in [6.45, 7) is 2.14. The van der Waals surface area contributed by atoms with Crippen LogP contribution < -0.4 is 5.73 Å². The third-order valence-corrected chi connectivity index (χ3v) is 6.25. The monoisotopic (exact) mass is 480 g/mol. The molecule has 0 aromatic carbocycles. The van der Waals surface area contributed by atoms with Crippen molar-refractivity contribution in [3.05, 3.63) is 34.4 Å². The third kappa shape index (κ3) is 4.78. The summed E-state index contributed by atoms with van der Waals surface area (Å²) in [5.74, 6) is -0.981. The van der Waals surface area contributed by atoms with Gasteiger partial charge in [-0.1, -0.05) is 11.8 Å². The minimum atomic E-state index is -0.740. The van der Waals surface area contributed by atoms with Crippen molar-refractivity contribution >= 4 is 46.0 Å². The Morgan fingerprint density at radius 2 is 1.97 bits per heavy atom. The van der Waals surface area contributed by atoms with Crippen LogP contribution >= 0.6 is 23.1 Å². The van der Waals surface area contributed by atoms with Gasteiger partial charge in [-0.25, -0.2) is 9.59 Å². The first-order chi connectivity index (χ1) is 15.4. The molecule has 0 aliphatic carbocycles. The lowest BCUT2D eigenvalue weighted by molar-refractivity contribution is -0.141. The Morgan fingerprint density at radius 3 is 2.59 bits per heavy atom. The number of rotatable bonds is 9. The number of carbonyl (C=O) groups excluding carboxylic acids is 3.